The predicted molar refractivity (Wildman–Crippen MR) is 114 cm³/mol. The van der Waals surface area contributed by atoms with Gasteiger partial charge < -0.3 is 4.18 Å². The molecule has 162 valence electrons. The molecule has 3 aromatic carbocycles. The van der Waals surface area contributed by atoms with E-state index in [1.807, 2.05) is 0 Å². The second-order valence-corrected chi connectivity index (χ2v) is 10.6. The summed E-state index contributed by atoms with van der Waals surface area (Å²) < 4.78 is 56.8. The summed E-state index contributed by atoms with van der Waals surface area (Å²) in [6.07, 6.45) is 0. The topological polar surface area (TPSA) is 121 Å². The molecule has 0 bridgehead atoms. The van der Waals surface area contributed by atoms with Gasteiger partial charge in [-0.2, -0.15) is 8.42 Å². The van der Waals surface area contributed by atoms with Crippen LogP contribution >= 0.6 is 0 Å². The second kappa shape index (κ2) is 8.48. The van der Waals surface area contributed by atoms with Gasteiger partial charge in [0.15, 0.2) is 15.6 Å². The van der Waals surface area contributed by atoms with Gasteiger partial charge in [0.25, 0.3) is 5.69 Å². The Balaban J connectivity index is 2.10. The van der Waals surface area contributed by atoms with Crippen molar-refractivity contribution in [1.82, 2.24) is 0 Å². The largest absolute Gasteiger partial charge is 0.378 e. The molecule has 3 rings (SSSR count). The van der Waals surface area contributed by atoms with E-state index in [9.17, 15) is 26.9 Å². The molecule has 10 heteroatoms. The van der Waals surface area contributed by atoms with Gasteiger partial charge in [0.2, 0.25) is 0 Å². The number of hydrogen-bond donors (Lipinski definition) is 0. The SMILES string of the molecule is Cc1ccc(S(=O)(=O)Oc2cc([N+](=O)[O-])ccc2C(C)S(=O)(=O)c2ccccc2)cc1. The Labute approximate surface area is 180 Å². The number of sulfone groups is 1. The molecule has 0 amide bonds. The third-order valence-electron chi connectivity index (χ3n) is 4.69. The highest BCUT2D eigenvalue weighted by Gasteiger charge is 2.30. The molecule has 0 aliphatic carbocycles. The monoisotopic (exact) mass is 461 g/mol. The third kappa shape index (κ3) is 4.75. The molecule has 0 aromatic heterocycles. The highest BCUT2D eigenvalue weighted by Crippen LogP contribution is 2.37. The first-order valence-corrected chi connectivity index (χ1v) is 12.1. The Morgan fingerprint density at radius 2 is 1.48 bits per heavy atom. The van der Waals surface area contributed by atoms with Crippen LogP contribution in [-0.2, 0) is 20.0 Å². The van der Waals surface area contributed by atoms with Crippen LogP contribution in [0.15, 0.2) is 82.6 Å². The van der Waals surface area contributed by atoms with Gasteiger partial charge in [-0.3, -0.25) is 10.1 Å². The average Bonchev–Trinajstić information content (AvgIpc) is 2.73. The van der Waals surface area contributed by atoms with Gasteiger partial charge in [0, 0.05) is 11.6 Å². The third-order valence-corrected chi connectivity index (χ3v) is 8.05. The van der Waals surface area contributed by atoms with Crippen molar-refractivity contribution in [3.8, 4) is 5.75 Å². The van der Waals surface area contributed by atoms with E-state index >= 15 is 0 Å². The first-order valence-electron chi connectivity index (χ1n) is 9.11. The maximum Gasteiger partial charge on any atom is 0.339 e. The first-order chi connectivity index (χ1) is 14.5. The molecule has 0 spiro atoms. The lowest BCUT2D eigenvalue weighted by Crippen LogP contribution is -2.15. The van der Waals surface area contributed by atoms with E-state index in [1.165, 1.54) is 37.3 Å². The lowest BCUT2D eigenvalue weighted by Gasteiger charge is -2.17. The number of non-ortho nitro benzene ring substituents is 1. The summed E-state index contributed by atoms with van der Waals surface area (Å²) in [6, 6.07) is 16.7. The molecule has 0 heterocycles. The van der Waals surface area contributed by atoms with E-state index in [2.05, 4.69) is 0 Å². The number of nitro groups is 1. The summed E-state index contributed by atoms with van der Waals surface area (Å²) in [7, 11) is -8.27. The van der Waals surface area contributed by atoms with E-state index in [1.54, 1.807) is 37.3 Å². The molecular formula is C21H19NO7S2. The lowest BCUT2D eigenvalue weighted by molar-refractivity contribution is -0.384. The zero-order valence-electron chi connectivity index (χ0n) is 16.6. The summed E-state index contributed by atoms with van der Waals surface area (Å²) in [5.74, 6) is -0.415. The normalized spacial score (nSPS) is 12.8. The molecule has 1 unspecified atom stereocenters. The van der Waals surface area contributed by atoms with Crippen molar-refractivity contribution < 1.29 is 25.9 Å². The smallest absolute Gasteiger partial charge is 0.339 e. The van der Waals surface area contributed by atoms with Crippen molar-refractivity contribution in [1.29, 1.82) is 0 Å². The van der Waals surface area contributed by atoms with Crippen molar-refractivity contribution in [2.24, 2.45) is 0 Å². The van der Waals surface area contributed by atoms with Crippen LogP contribution in [0.3, 0.4) is 0 Å². The van der Waals surface area contributed by atoms with Crippen molar-refractivity contribution in [3.05, 3.63) is 94.0 Å². The molecule has 1 atom stereocenters. The van der Waals surface area contributed by atoms with Crippen LogP contribution in [0.1, 0.15) is 23.3 Å². The fourth-order valence-corrected chi connectivity index (χ4v) is 5.32. The molecule has 3 aromatic rings. The Hall–Kier alpha value is -3.24. The van der Waals surface area contributed by atoms with Gasteiger partial charge in [-0.1, -0.05) is 35.9 Å². The standard InChI is InChI=1S/C21H19NO7S2/c1-15-8-11-19(12-9-15)31(27,28)29-21-14-17(22(23)24)10-13-20(21)16(2)30(25,26)18-6-4-3-5-7-18/h3-14,16H,1-2H3. The molecular weight excluding hydrogens is 442 g/mol. The summed E-state index contributed by atoms with van der Waals surface area (Å²) in [6.45, 7) is 3.15. The number of aryl methyl sites for hydroxylation is 1. The van der Waals surface area contributed by atoms with Crippen molar-refractivity contribution in [2.45, 2.75) is 28.9 Å². The summed E-state index contributed by atoms with van der Waals surface area (Å²) in [5, 5.41) is 9.98. The maximum atomic E-state index is 13.0. The van der Waals surface area contributed by atoms with Crippen LogP contribution in [0.25, 0.3) is 0 Å². The summed E-state index contributed by atoms with van der Waals surface area (Å²) in [4.78, 5) is 10.4. The Morgan fingerprint density at radius 1 is 0.871 bits per heavy atom. The molecule has 0 radical (unpaired) electrons. The van der Waals surface area contributed by atoms with Crippen molar-refractivity contribution in [2.75, 3.05) is 0 Å². The Morgan fingerprint density at radius 3 is 2.06 bits per heavy atom. The Bertz CT molecular complexity index is 1320. The molecule has 0 aliphatic rings. The molecule has 31 heavy (non-hydrogen) atoms. The lowest BCUT2D eigenvalue weighted by atomic mass is 10.1. The van der Waals surface area contributed by atoms with Gasteiger partial charge in [0.05, 0.1) is 21.1 Å². The highest BCUT2D eigenvalue weighted by molar-refractivity contribution is 7.91. The molecule has 0 aliphatic heterocycles. The molecule has 0 saturated heterocycles. The van der Waals surface area contributed by atoms with Crippen LogP contribution in [0.2, 0.25) is 0 Å². The quantitative estimate of drug-likeness (QED) is 0.294. The van der Waals surface area contributed by atoms with Gasteiger partial charge in [-0.15, -0.1) is 0 Å². The second-order valence-electron chi connectivity index (χ2n) is 6.83. The van der Waals surface area contributed by atoms with Crippen LogP contribution in [-0.4, -0.2) is 21.8 Å². The average molecular weight is 462 g/mol. The number of benzene rings is 3. The zero-order valence-corrected chi connectivity index (χ0v) is 18.3. The number of hydrogen-bond acceptors (Lipinski definition) is 7. The van der Waals surface area contributed by atoms with E-state index in [0.29, 0.717) is 0 Å². The number of nitrogens with zero attached hydrogens (tertiary/aromatic N) is 1. The number of nitro benzene ring substituents is 1. The molecule has 8 nitrogen and oxygen atoms in total. The molecule has 0 fully saturated rings. The minimum absolute atomic E-state index is 0.00913. The van der Waals surface area contributed by atoms with E-state index < -0.39 is 41.6 Å². The molecule has 0 saturated carbocycles. The van der Waals surface area contributed by atoms with Crippen LogP contribution in [0.4, 0.5) is 5.69 Å². The van der Waals surface area contributed by atoms with Crippen LogP contribution in [0.5, 0.6) is 5.75 Å². The zero-order chi connectivity index (χ0) is 22.8. The minimum atomic E-state index is -4.36. The van der Waals surface area contributed by atoms with Gasteiger partial charge in [0.1, 0.15) is 4.90 Å². The van der Waals surface area contributed by atoms with Gasteiger partial charge >= 0.3 is 10.1 Å². The molecule has 0 N–H and O–H groups in total. The van der Waals surface area contributed by atoms with E-state index in [0.717, 1.165) is 17.7 Å². The fourth-order valence-electron chi connectivity index (χ4n) is 2.90. The summed E-state index contributed by atoms with van der Waals surface area (Å²) in [5.41, 5.74) is 0.393. The maximum absolute atomic E-state index is 13.0. The van der Waals surface area contributed by atoms with Crippen LogP contribution in [0, 0.1) is 17.0 Å². The highest BCUT2D eigenvalue weighted by atomic mass is 32.2. The first kappa shape index (κ1) is 22.4. The van der Waals surface area contributed by atoms with E-state index in [4.69, 9.17) is 4.18 Å². The van der Waals surface area contributed by atoms with E-state index in [-0.39, 0.29) is 15.4 Å². The number of rotatable bonds is 7. The van der Waals surface area contributed by atoms with Crippen molar-refractivity contribution in [3.63, 3.8) is 0 Å². The van der Waals surface area contributed by atoms with Gasteiger partial charge in [-0.05, 0) is 44.2 Å². The summed E-state index contributed by atoms with van der Waals surface area (Å²) >= 11 is 0. The Kier molecular flexibility index (Phi) is 6.14. The van der Waals surface area contributed by atoms with Crippen LogP contribution < -0.4 is 4.18 Å². The minimum Gasteiger partial charge on any atom is -0.378 e. The predicted octanol–water partition coefficient (Wildman–Crippen LogP) is 4.21. The van der Waals surface area contributed by atoms with Gasteiger partial charge in [-0.25, -0.2) is 8.42 Å². The fraction of sp³-hybridized carbons (Fsp3) is 0.143. The van der Waals surface area contributed by atoms with Crippen molar-refractivity contribution >= 4 is 25.6 Å².